The lowest BCUT2D eigenvalue weighted by Gasteiger charge is -2.29. The minimum Gasteiger partial charge on any atom is -0.383 e. The number of hydrogen-bond donors (Lipinski definition) is 2. The summed E-state index contributed by atoms with van der Waals surface area (Å²) < 4.78 is 0. The molecule has 1 saturated heterocycles. The lowest BCUT2D eigenvalue weighted by atomic mass is 10.1. The number of nitrogens with two attached hydrogens (primary N) is 1. The van der Waals surface area contributed by atoms with Crippen LogP contribution >= 0.6 is 0 Å². The number of likely N-dealkylation sites (tertiary alicyclic amines) is 1. The Morgan fingerprint density at radius 3 is 2.81 bits per heavy atom. The van der Waals surface area contributed by atoms with Crippen LogP contribution in [0.4, 0.5) is 11.6 Å². The number of anilines is 2. The third kappa shape index (κ3) is 4.09. The van der Waals surface area contributed by atoms with Gasteiger partial charge in [0, 0.05) is 30.9 Å². The van der Waals surface area contributed by atoms with Gasteiger partial charge < -0.3 is 16.0 Å². The van der Waals surface area contributed by atoms with Crippen LogP contribution < -0.4 is 11.1 Å². The highest BCUT2D eigenvalue weighted by Crippen LogP contribution is 2.21. The van der Waals surface area contributed by atoms with Crippen LogP contribution in [0.1, 0.15) is 31.2 Å². The quantitative estimate of drug-likeness (QED) is 0.863. The van der Waals surface area contributed by atoms with Crippen LogP contribution in [0.25, 0.3) is 0 Å². The Kier molecular flexibility index (Phi) is 5.38. The van der Waals surface area contributed by atoms with Gasteiger partial charge in [-0.15, -0.1) is 0 Å². The summed E-state index contributed by atoms with van der Waals surface area (Å²) in [6, 6.07) is 2.12. The normalized spacial score (nSPS) is 16.0. The highest BCUT2D eigenvalue weighted by molar-refractivity contribution is 5.58. The minimum atomic E-state index is 0.486. The predicted molar refractivity (Wildman–Crippen MR) is 83.4 cm³/mol. The molecule has 1 aromatic heterocycles. The molecule has 112 valence electrons. The first-order valence-corrected chi connectivity index (χ1v) is 7.35. The van der Waals surface area contributed by atoms with E-state index >= 15 is 0 Å². The van der Waals surface area contributed by atoms with Crippen LogP contribution in [0, 0.1) is 11.3 Å². The summed E-state index contributed by atoms with van der Waals surface area (Å²) >= 11 is 0. The van der Waals surface area contributed by atoms with E-state index in [4.69, 9.17) is 11.0 Å². The van der Waals surface area contributed by atoms with Crippen molar-refractivity contribution in [2.45, 2.75) is 32.1 Å². The number of aromatic nitrogens is 2. The van der Waals surface area contributed by atoms with Gasteiger partial charge in [-0.3, -0.25) is 0 Å². The maximum atomic E-state index is 8.43. The number of allylic oxidation sites excluding steroid dienone is 1. The molecule has 6 nitrogen and oxygen atoms in total. The van der Waals surface area contributed by atoms with Crippen LogP contribution in [0.15, 0.2) is 18.6 Å². The van der Waals surface area contributed by atoms with Gasteiger partial charge in [0.1, 0.15) is 18.0 Å². The van der Waals surface area contributed by atoms with E-state index in [9.17, 15) is 0 Å². The zero-order valence-electron chi connectivity index (χ0n) is 12.3. The topological polar surface area (TPSA) is 90.9 Å². The Bertz CT molecular complexity index is 527. The molecule has 1 aromatic rings. The summed E-state index contributed by atoms with van der Waals surface area (Å²) in [5, 5.41) is 11.5. The number of hydrogen-bond acceptors (Lipinski definition) is 6. The Labute approximate surface area is 125 Å². The van der Waals surface area contributed by atoms with Gasteiger partial charge in [-0.25, -0.2) is 9.97 Å². The third-order valence-corrected chi connectivity index (χ3v) is 3.73. The maximum absolute atomic E-state index is 8.43. The van der Waals surface area contributed by atoms with Crippen molar-refractivity contribution in [2.75, 3.05) is 30.7 Å². The van der Waals surface area contributed by atoms with Gasteiger partial charge in [-0.05, 0) is 25.7 Å². The van der Waals surface area contributed by atoms with Crippen LogP contribution in [-0.2, 0) is 6.42 Å². The van der Waals surface area contributed by atoms with Crippen molar-refractivity contribution in [1.29, 1.82) is 5.26 Å². The van der Waals surface area contributed by atoms with Gasteiger partial charge in [0.05, 0.1) is 12.5 Å². The maximum Gasteiger partial charge on any atom is 0.134 e. The highest BCUT2D eigenvalue weighted by Gasteiger charge is 2.13. The van der Waals surface area contributed by atoms with Crippen molar-refractivity contribution in [2.24, 2.45) is 0 Å². The van der Waals surface area contributed by atoms with Crippen molar-refractivity contribution in [3.8, 4) is 6.07 Å². The Morgan fingerprint density at radius 1 is 1.38 bits per heavy atom. The molecule has 0 aliphatic carbocycles. The molecule has 0 amide bonds. The molecule has 0 bridgehead atoms. The van der Waals surface area contributed by atoms with E-state index in [1.165, 1.54) is 25.6 Å². The molecule has 6 heteroatoms. The van der Waals surface area contributed by atoms with Gasteiger partial charge in [0.25, 0.3) is 0 Å². The van der Waals surface area contributed by atoms with Crippen LogP contribution in [0.2, 0.25) is 0 Å². The summed E-state index contributed by atoms with van der Waals surface area (Å²) in [5.41, 5.74) is 7.63. The molecular formula is C15H22N6. The second-order valence-corrected chi connectivity index (χ2v) is 5.21. The number of piperidine rings is 1. The van der Waals surface area contributed by atoms with Crippen molar-refractivity contribution < 1.29 is 0 Å². The van der Waals surface area contributed by atoms with E-state index in [1.54, 1.807) is 0 Å². The molecule has 3 heterocycles. The number of fused-ring (bicyclic) bond motifs is 1. The Hall–Kier alpha value is -2.29. The fourth-order valence-electron chi connectivity index (χ4n) is 2.54. The van der Waals surface area contributed by atoms with Gasteiger partial charge in [0.15, 0.2) is 0 Å². The fourth-order valence-corrected chi connectivity index (χ4v) is 2.54. The second kappa shape index (κ2) is 7.48. The zero-order chi connectivity index (χ0) is 15.1. The SMILES string of the molecule is C=C(CC#N)N1CCCCC1.Nc1ncnc2c1CCN2. The van der Waals surface area contributed by atoms with Crippen molar-refractivity contribution in [1.82, 2.24) is 14.9 Å². The molecule has 1 fully saturated rings. The Morgan fingerprint density at radius 2 is 2.14 bits per heavy atom. The fraction of sp³-hybridized carbons (Fsp3) is 0.533. The number of nitrogens with one attached hydrogen (secondary N) is 1. The van der Waals surface area contributed by atoms with E-state index in [0.29, 0.717) is 12.2 Å². The smallest absolute Gasteiger partial charge is 0.134 e. The van der Waals surface area contributed by atoms with Gasteiger partial charge in [0.2, 0.25) is 0 Å². The first-order chi connectivity index (χ1) is 10.2. The first kappa shape index (κ1) is 15.1. The highest BCUT2D eigenvalue weighted by atomic mass is 15.1. The summed E-state index contributed by atoms with van der Waals surface area (Å²) in [6.07, 6.45) is 6.75. The molecule has 3 rings (SSSR count). The molecule has 0 saturated carbocycles. The first-order valence-electron chi connectivity index (χ1n) is 7.35. The number of nitriles is 1. The lowest BCUT2D eigenvalue weighted by molar-refractivity contribution is 0.283. The second-order valence-electron chi connectivity index (χ2n) is 5.21. The van der Waals surface area contributed by atoms with Crippen LogP contribution in [0.5, 0.6) is 0 Å². The average Bonchev–Trinajstić information content (AvgIpc) is 2.99. The van der Waals surface area contributed by atoms with Crippen molar-refractivity contribution in [3.05, 3.63) is 24.2 Å². The summed E-state index contributed by atoms with van der Waals surface area (Å²) in [4.78, 5) is 10.1. The molecule has 21 heavy (non-hydrogen) atoms. The molecule has 2 aliphatic rings. The van der Waals surface area contributed by atoms with Gasteiger partial charge in [-0.2, -0.15) is 5.26 Å². The zero-order valence-corrected chi connectivity index (χ0v) is 12.3. The monoisotopic (exact) mass is 286 g/mol. The van der Waals surface area contributed by atoms with Gasteiger partial charge in [-0.1, -0.05) is 6.58 Å². The number of rotatable bonds is 2. The van der Waals surface area contributed by atoms with Crippen LogP contribution in [-0.4, -0.2) is 34.5 Å². The molecule has 0 radical (unpaired) electrons. The van der Waals surface area contributed by atoms with Crippen molar-refractivity contribution in [3.63, 3.8) is 0 Å². The third-order valence-electron chi connectivity index (χ3n) is 3.73. The number of nitrogens with zero attached hydrogens (tertiary/aromatic N) is 4. The molecule has 0 spiro atoms. The molecule has 2 aliphatic heterocycles. The Balaban J connectivity index is 0.000000154. The van der Waals surface area contributed by atoms with Crippen molar-refractivity contribution >= 4 is 11.6 Å². The molecule has 3 N–H and O–H groups in total. The van der Waals surface area contributed by atoms with E-state index in [0.717, 1.165) is 43.1 Å². The molecule has 0 atom stereocenters. The van der Waals surface area contributed by atoms with E-state index < -0.39 is 0 Å². The standard InChI is InChI=1S/C9H14N2.C6H8N4/c1-9(5-6-10)11-7-3-2-4-8-11;7-5-4-1-2-8-6(4)10-3-9-5/h1-5,7-8H2;3H,1-2H2,(H3,7,8,9,10). The summed E-state index contributed by atoms with van der Waals surface area (Å²) in [5.74, 6) is 1.50. The molecule has 0 unspecified atom stereocenters. The summed E-state index contributed by atoms with van der Waals surface area (Å²) in [7, 11) is 0. The summed E-state index contributed by atoms with van der Waals surface area (Å²) in [6.45, 7) is 7.00. The average molecular weight is 286 g/mol. The molecule has 0 aromatic carbocycles. The predicted octanol–water partition coefficient (Wildman–Crippen LogP) is 1.93. The lowest BCUT2D eigenvalue weighted by Crippen LogP contribution is -2.28. The number of nitrogen functional groups attached to an aromatic ring is 1. The molecular weight excluding hydrogens is 264 g/mol. The van der Waals surface area contributed by atoms with Gasteiger partial charge >= 0.3 is 0 Å². The van der Waals surface area contributed by atoms with E-state index in [1.807, 2.05) is 0 Å². The minimum absolute atomic E-state index is 0.486. The van der Waals surface area contributed by atoms with Crippen LogP contribution in [0.3, 0.4) is 0 Å². The van der Waals surface area contributed by atoms with E-state index in [-0.39, 0.29) is 0 Å². The largest absolute Gasteiger partial charge is 0.383 e. The van der Waals surface area contributed by atoms with E-state index in [2.05, 4.69) is 32.8 Å².